The summed E-state index contributed by atoms with van der Waals surface area (Å²) in [4.78, 5) is 21.3. The summed E-state index contributed by atoms with van der Waals surface area (Å²) in [5.41, 5.74) is 10.00. The highest BCUT2D eigenvalue weighted by Crippen LogP contribution is 2.30. The number of nitrogens with zero attached hydrogens (tertiary/aromatic N) is 4. The Kier molecular flexibility index (Phi) is 4.89. The predicted octanol–water partition coefficient (Wildman–Crippen LogP) is 4.82. The summed E-state index contributed by atoms with van der Waals surface area (Å²) in [5.74, 6) is 0.526. The molecular formula is C26H25N5O2. The van der Waals surface area contributed by atoms with E-state index in [0.717, 1.165) is 44.6 Å². The summed E-state index contributed by atoms with van der Waals surface area (Å²) in [6.45, 7) is 4.18. The van der Waals surface area contributed by atoms with Gasteiger partial charge in [0.2, 0.25) is 0 Å². The second kappa shape index (κ2) is 7.78. The highest BCUT2D eigenvalue weighted by molar-refractivity contribution is 5.91. The van der Waals surface area contributed by atoms with Crippen molar-refractivity contribution in [1.82, 2.24) is 19.1 Å². The van der Waals surface area contributed by atoms with Gasteiger partial charge in [-0.1, -0.05) is 24.3 Å². The Morgan fingerprint density at radius 1 is 1.03 bits per heavy atom. The van der Waals surface area contributed by atoms with E-state index >= 15 is 0 Å². The summed E-state index contributed by atoms with van der Waals surface area (Å²) in [6, 6.07) is 18.3. The predicted molar refractivity (Wildman–Crippen MR) is 130 cm³/mol. The molecule has 33 heavy (non-hydrogen) atoms. The first-order chi connectivity index (χ1) is 15.9. The molecule has 0 bridgehead atoms. The van der Waals surface area contributed by atoms with Gasteiger partial charge in [0.15, 0.2) is 0 Å². The van der Waals surface area contributed by atoms with Crippen LogP contribution in [-0.4, -0.2) is 32.2 Å². The number of anilines is 1. The van der Waals surface area contributed by atoms with Crippen LogP contribution >= 0.6 is 0 Å². The summed E-state index contributed by atoms with van der Waals surface area (Å²) < 4.78 is 9.01. The van der Waals surface area contributed by atoms with Crippen LogP contribution in [0.3, 0.4) is 0 Å². The highest BCUT2D eigenvalue weighted by Gasteiger charge is 2.30. The average Bonchev–Trinajstić information content (AvgIpc) is 3.42. The van der Waals surface area contributed by atoms with Crippen LogP contribution in [0.4, 0.5) is 5.69 Å². The maximum absolute atomic E-state index is 12.2. The third kappa shape index (κ3) is 3.61. The normalized spacial score (nSPS) is 11.8. The smallest absolute Gasteiger partial charge is 0.313 e. The minimum Gasteiger partial charge on any atom is -0.469 e. The second-order valence-corrected chi connectivity index (χ2v) is 8.84. The van der Waals surface area contributed by atoms with Crippen LogP contribution in [0.15, 0.2) is 73.3 Å². The van der Waals surface area contributed by atoms with Gasteiger partial charge >= 0.3 is 5.97 Å². The molecule has 0 aliphatic carbocycles. The van der Waals surface area contributed by atoms with Gasteiger partial charge in [0.25, 0.3) is 0 Å². The van der Waals surface area contributed by atoms with E-state index in [1.54, 1.807) is 6.33 Å². The zero-order valence-electron chi connectivity index (χ0n) is 18.8. The van der Waals surface area contributed by atoms with E-state index in [2.05, 4.69) is 44.9 Å². The number of hydrogen-bond donors (Lipinski definition) is 1. The Balaban J connectivity index is 1.61. The number of carbonyl (C=O) groups is 1. The fraction of sp³-hybridized carbons (Fsp3) is 0.192. The molecule has 3 heterocycles. The SMILES string of the molecule is COC(=O)C(C)(C)Cn1ccc2c(-n3ccc4ccc(-c5cccc(N)c5)cc43)ncnc21. The van der Waals surface area contributed by atoms with Crippen LogP contribution in [0.1, 0.15) is 13.8 Å². The summed E-state index contributed by atoms with van der Waals surface area (Å²) in [5, 5.41) is 2.02. The van der Waals surface area contributed by atoms with Crippen molar-refractivity contribution in [3.63, 3.8) is 0 Å². The molecule has 0 aliphatic rings. The molecule has 5 rings (SSSR count). The van der Waals surface area contributed by atoms with Gasteiger partial charge in [-0.25, -0.2) is 9.97 Å². The van der Waals surface area contributed by atoms with Gasteiger partial charge in [-0.2, -0.15) is 0 Å². The molecule has 0 spiro atoms. The van der Waals surface area contributed by atoms with Crippen molar-refractivity contribution < 1.29 is 9.53 Å². The van der Waals surface area contributed by atoms with E-state index in [9.17, 15) is 4.79 Å². The lowest BCUT2D eigenvalue weighted by atomic mass is 9.94. The number of hydrogen-bond acceptors (Lipinski definition) is 5. The van der Waals surface area contributed by atoms with Gasteiger partial charge in [-0.05, 0) is 55.3 Å². The monoisotopic (exact) mass is 439 g/mol. The van der Waals surface area contributed by atoms with E-state index in [1.165, 1.54) is 7.11 Å². The molecule has 0 atom stereocenters. The lowest BCUT2D eigenvalue weighted by molar-refractivity contribution is -0.151. The zero-order valence-corrected chi connectivity index (χ0v) is 18.8. The second-order valence-electron chi connectivity index (χ2n) is 8.84. The molecule has 0 fully saturated rings. The molecule has 0 saturated heterocycles. The fourth-order valence-electron chi connectivity index (χ4n) is 4.29. The number of nitrogens with two attached hydrogens (primary N) is 1. The van der Waals surface area contributed by atoms with E-state index < -0.39 is 5.41 Å². The number of nitrogen functional groups attached to an aromatic ring is 1. The lowest BCUT2D eigenvalue weighted by Crippen LogP contribution is -2.30. The van der Waals surface area contributed by atoms with Gasteiger partial charge in [0, 0.05) is 30.0 Å². The van der Waals surface area contributed by atoms with Crippen LogP contribution in [0, 0.1) is 5.41 Å². The van der Waals surface area contributed by atoms with Gasteiger partial charge < -0.3 is 19.6 Å². The summed E-state index contributed by atoms with van der Waals surface area (Å²) in [6.07, 6.45) is 5.52. The van der Waals surface area contributed by atoms with Crippen molar-refractivity contribution in [2.45, 2.75) is 20.4 Å². The van der Waals surface area contributed by atoms with E-state index in [-0.39, 0.29) is 5.97 Å². The number of benzene rings is 2. The van der Waals surface area contributed by atoms with Crippen molar-refractivity contribution in [3.05, 3.63) is 73.3 Å². The quantitative estimate of drug-likeness (QED) is 0.313. The van der Waals surface area contributed by atoms with Gasteiger partial charge in [-0.3, -0.25) is 4.79 Å². The molecule has 0 saturated carbocycles. The molecule has 2 N–H and O–H groups in total. The topological polar surface area (TPSA) is 88.0 Å². The van der Waals surface area contributed by atoms with Crippen LogP contribution in [-0.2, 0) is 16.1 Å². The fourth-order valence-corrected chi connectivity index (χ4v) is 4.29. The Labute approximate surface area is 191 Å². The van der Waals surface area contributed by atoms with Crippen LogP contribution in [0.2, 0.25) is 0 Å². The Morgan fingerprint density at radius 2 is 1.85 bits per heavy atom. The Bertz CT molecular complexity index is 1500. The first-order valence-corrected chi connectivity index (χ1v) is 10.7. The van der Waals surface area contributed by atoms with Crippen molar-refractivity contribution in [3.8, 4) is 16.9 Å². The number of fused-ring (bicyclic) bond motifs is 2. The highest BCUT2D eigenvalue weighted by atomic mass is 16.5. The number of esters is 1. The first kappa shape index (κ1) is 20.8. The largest absolute Gasteiger partial charge is 0.469 e. The maximum Gasteiger partial charge on any atom is 0.313 e. The first-order valence-electron chi connectivity index (χ1n) is 10.7. The van der Waals surface area contributed by atoms with E-state index in [4.69, 9.17) is 10.5 Å². The molecule has 166 valence electrons. The molecule has 7 nitrogen and oxygen atoms in total. The molecule has 0 aliphatic heterocycles. The van der Waals surface area contributed by atoms with Gasteiger partial charge in [0.05, 0.1) is 23.4 Å². The maximum atomic E-state index is 12.2. The van der Waals surface area contributed by atoms with Crippen LogP contribution < -0.4 is 5.73 Å². The molecular weight excluding hydrogens is 414 g/mol. The summed E-state index contributed by atoms with van der Waals surface area (Å²) >= 11 is 0. The minimum absolute atomic E-state index is 0.260. The third-order valence-corrected chi connectivity index (χ3v) is 5.98. The van der Waals surface area contributed by atoms with Crippen molar-refractivity contribution in [2.75, 3.05) is 12.8 Å². The number of ether oxygens (including phenoxy) is 1. The lowest BCUT2D eigenvalue weighted by Gasteiger charge is -2.22. The number of methoxy groups -OCH3 is 1. The number of aromatic nitrogens is 4. The Morgan fingerprint density at radius 3 is 2.64 bits per heavy atom. The Hall–Kier alpha value is -4.13. The standard InChI is InChI=1S/C26H25N5O2/c1-26(2,25(32)33-3)15-30-11-10-21-23(30)28-16-29-24(21)31-12-9-17-7-8-19(14-22(17)31)18-5-4-6-20(27)13-18/h4-14,16H,15,27H2,1-3H3. The molecule has 3 aromatic heterocycles. The molecule has 0 radical (unpaired) electrons. The van der Waals surface area contributed by atoms with Crippen LogP contribution in [0.25, 0.3) is 38.9 Å². The minimum atomic E-state index is -0.682. The summed E-state index contributed by atoms with van der Waals surface area (Å²) in [7, 11) is 1.41. The number of rotatable bonds is 5. The zero-order chi connectivity index (χ0) is 23.2. The molecule has 0 unspecified atom stereocenters. The molecule has 2 aromatic carbocycles. The van der Waals surface area contributed by atoms with Crippen LogP contribution in [0.5, 0.6) is 0 Å². The van der Waals surface area contributed by atoms with Gasteiger partial charge in [0.1, 0.15) is 17.8 Å². The molecule has 5 aromatic rings. The number of carbonyl (C=O) groups excluding carboxylic acids is 1. The van der Waals surface area contributed by atoms with Crippen molar-refractivity contribution in [1.29, 1.82) is 0 Å². The molecule has 0 amide bonds. The van der Waals surface area contributed by atoms with E-state index in [1.807, 2.05) is 55.1 Å². The van der Waals surface area contributed by atoms with E-state index in [0.29, 0.717) is 6.54 Å². The average molecular weight is 440 g/mol. The molecule has 7 heteroatoms. The van der Waals surface area contributed by atoms with Gasteiger partial charge in [-0.15, -0.1) is 0 Å². The van der Waals surface area contributed by atoms with Crippen molar-refractivity contribution in [2.24, 2.45) is 5.41 Å². The van der Waals surface area contributed by atoms with Crippen molar-refractivity contribution >= 4 is 33.6 Å². The third-order valence-electron chi connectivity index (χ3n) is 5.98.